The molecule has 0 saturated heterocycles. The number of carbonyl (C=O) groups excluding carboxylic acids is 2. The fourth-order valence-corrected chi connectivity index (χ4v) is 4.11. The average Bonchev–Trinajstić information content (AvgIpc) is 3.26. The third-order valence-corrected chi connectivity index (χ3v) is 5.90. The molecule has 1 aromatic heterocycles. The predicted molar refractivity (Wildman–Crippen MR) is 135 cm³/mol. The number of methoxy groups -OCH3 is 2. The minimum absolute atomic E-state index is 0.127. The van der Waals surface area contributed by atoms with Crippen molar-refractivity contribution >= 4 is 22.8 Å². The Morgan fingerprint density at radius 2 is 1.60 bits per heavy atom. The summed E-state index contributed by atoms with van der Waals surface area (Å²) in [5, 5.41) is 0.649. The van der Waals surface area contributed by atoms with E-state index in [0.717, 1.165) is 11.1 Å². The molecule has 0 fully saturated rings. The van der Waals surface area contributed by atoms with E-state index in [1.807, 2.05) is 42.5 Å². The monoisotopic (exact) mass is 471 g/mol. The molecule has 1 heterocycles. The van der Waals surface area contributed by atoms with Crippen molar-refractivity contribution in [2.75, 3.05) is 14.2 Å². The highest BCUT2D eigenvalue weighted by Gasteiger charge is 2.26. The average molecular weight is 472 g/mol. The molecular formula is C29H29NO5. The number of carbonyl (C=O) groups is 2. The molecule has 0 aliphatic rings. The molecular weight excluding hydrogens is 442 g/mol. The van der Waals surface area contributed by atoms with Crippen LogP contribution in [0.25, 0.3) is 10.9 Å². The highest BCUT2D eigenvalue weighted by atomic mass is 16.5. The maximum atomic E-state index is 13.7. The number of nitrogens with zero attached hydrogens (tertiary/aromatic N) is 1. The number of rotatable bonds is 6. The molecule has 0 aliphatic heterocycles. The molecule has 180 valence electrons. The molecule has 0 bridgehead atoms. The predicted octanol–water partition coefficient (Wildman–Crippen LogP) is 6.00. The van der Waals surface area contributed by atoms with Crippen LogP contribution in [-0.2, 0) is 16.8 Å². The second kappa shape index (κ2) is 9.66. The maximum absolute atomic E-state index is 13.7. The molecule has 0 N–H and O–H groups in total. The number of fused-ring (bicyclic) bond motifs is 1. The quantitative estimate of drug-likeness (QED) is 0.323. The molecule has 0 aliphatic carbocycles. The Morgan fingerprint density at radius 3 is 2.26 bits per heavy atom. The van der Waals surface area contributed by atoms with Crippen molar-refractivity contribution in [2.24, 2.45) is 0 Å². The molecule has 35 heavy (non-hydrogen) atoms. The molecule has 3 aromatic carbocycles. The van der Waals surface area contributed by atoms with E-state index in [-0.39, 0.29) is 17.0 Å². The van der Waals surface area contributed by atoms with Crippen LogP contribution in [0.15, 0.2) is 72.8 Å². The molecule has 6 heteroatoms. The summed E-state index contributed by atoms with van der Waals surface area (Å²) in [6.07, 6.45) is 0. The molecule has 6 nitrogen and oxygen atoms in total. The van der Waals surface area contributed by atoms with Crippen LogP contribution in [-0.4, -0.2) is 30.7 Å². The first-order valence-corrected chi connectivity index (χ1v) is 11.4. The third kappa shape index (κ3) is 4.78. The van der Waals surface area contributed by atoms with Gasteiger partial charge in [0.15, 0.2) is 0 Å². The summed E-state index contributed by atoms with van der Waals surface area (Å²) in [5.74, 6) is 0.219. The summed E-state index contributed by atoms with van der Waals surface area (Å²) in [6, 6.07) is 22.2. The van der Waals surface area contributed by atoms with Gasteiger partial charge >= 0.3 is 5.97 Å². The first-order valence-electron chi connectivity index (χ1n) is 11.4. The van der Waals surface area contributed by atoms with E-state index in [1.54, 1.807) is 37.4 Å². The van der Waals surface area contributed by atoms with Crippen LogP contribution >= 0.6 is 0 Å². The van der Waals surface area contributed by atoms with E-state index in [0.29, 0.717) is 34.6 Å². The smallest absolute Gasteiger partial charge is 0.355 e. The van der Waals surface area contributed by atoms with Gasteiger partial charge in [0.05, 0.1) is 19.7 Å². The van der Waals surface area contributed by atoms with Crippen molar-refractivity contribution in [3.05, 3.63) is 95.2 Å². The largest absolute Gasteiger partial charge is 0.496 e. The Hall–Kier alpha value is -4.06. The van der Waals surface area contributed by atoms with Gasteiger partial charge in [-0.2, -0.15) is 0 Å². The Balaban J connectivity index is 1.80. The van der Waals surface area contributed by atoms with Crippen molar-refractivity contribution in [3.8, 4) is 11.5 Å². The van der Waals surface area contributed by atoms with Crippen molar-refractivity contribution < 1.29 is 23.8 Å². The van der Waals surface area contributed by atoms with Gasteiger partial charge < -0.3 is 14.2 Å². The van der Waals surface area contributed by atoms with E-state index in [1.165, 1.54) is 11.7 Å². The minimum Gasteiger partial charge on any atom is -0.496 e. The van der Waals surface area contributed by atoms with Crippen molar-refractivity contribution in [1.82, 2.24) is 4.57 Å². The van der Waals surface area contributed by atoms with Gasteiger partial charge in [-0.3, -0.25) is 9.36 Å². The van der Waals surface area contributed by atoms with Crippen LogP contribution in [0.1, 0.15) is 52.7 Å². The van der Waals surface area contributed by atoms with E-state index < -0.39 is 5.97 Å². The van der Waals surface area contributed by atoms with Gasteiger partial charge in [-0.15, -0.1) is 0 Å². The Labute approximate surface area is 205 Å². The van der Waals surface area contributed by atoms with Crippen LogP contribution < -0.4 is 9.47 Å². The standard InChI is InChI=1S/C29H29NO5/c1-29(2,3)22-15-14-20(16-26(22)33-4)27(31)30-23-12-9-13-25(21(23)17-24(30)28(32)34-5)35-18-19-10-7-6-8-11-19/h6-17H,18H2,1-5H3. The summed E-state index contributed by atoms with van der Waals surface area (Å²) < 4.78 is 18.0. The number of benzene rings is 3. The maximum Gasteiger partial charge on any atom is 0.355 e. The topological polar surface area (TPSA) is 66.8 Å². The first kappa shape index (κ1) is 24.1. The number of hydrogen-bond acceptors (Lipinski definition) is 5. The van der Waals surface area contributed by atoms with Crippen molar-refractivity contribution in [2.45, 2.75) is 32.8 Å². The lowest BCUT2D eigenvalue weighted by atomic mass is 9.85. The van der Waals surface area contributed by atoms with Crippen LogP contribution in [0.2, 0.25) is 0 Å². The summed E-state index contributed by atoms with van der Waals surface area (Å²) in [4.78, 5) is 26.4. The van der Waals surface area contributed by atoms with E-state index >= 15 is 0 Å². The molecule has 0 amide bonds. The zero-order valence-electron chi connectivity index (χ0n) is 20.6. The molecule has 0 atom stereocenters. The number of hydrogen-bond donors (Lipinski definition) is 0. The lowest BCUT2D eigenvalue weighted by Crippen LogP contribution is -2.19. The summed E-state index contributed by atoms with van der Waals surface area (Å²) in [5.41, 5.74) is 2.92. The van der Waals surface area contributed by atoms with Crippen LogP contribution in [0.4, 0.5) is 0 Å². The fourth-order valence-electron chi connectivity index (χ4n) is 4.11. The minimum atomic E-state index is -0.609. The molecule has 0 spiro atoms. The van der Waals surface area contributed by atoms with Crippen molar-refractivity contribution in [3.63, 3.8) is 0 Å². The van der Waals surface area contributed by atoms with Gasteiger partial charge in [0, 0.05) is 10.9 Å². The van der Waals surface area contributed by atoms with E-state index in [4.69, 9.17) is 14.2 Å². The molecule has 0 radical (unpaired) electrons. The normalized spacial score (nSPS) is 11.3. The van der Waals surface area contributed by atoms with Gasteiger partial charge in [0.1, 0.15) is 23.8 Å². The fraction of sp³-hybridized carbons (Fsp3) is 0.241. The Morgan fingerprint density at radius 1 is 0.857 bits per heavy atom. The van der Waals surface area contributed by atoms with Gasteiger partial charge in [0.2, 0.25) is 0 Å². The van der Waals surface area contributed by atoms with E-state index in [9.17, 15) is 9.59 Å². The van der Waals surface area contributed by atoms with Gasteiger partial charge in [0.25, 0.3) is 5.91 Å². The highest BCUT2D eigenvalue weighted by Crippen LogP contribution is 2.34. The lowest BCUT2D eigenvalue weighted by molar-refractivity contribution is 0.0584. The lowest BCUT2D eigenvalue weighted by Gasteiger charge is -2.22. The Bertz CT molecular complexity index is 1380. The van der Waals surface area contributed by atoms with Crippen molar-refractivity contribution in [1.29, 1.82) is 0 Å². The first-order chi connectivity index (χ1) is 16.7. The third-order valence-electron chi connectivity index (χ3n) is 5.90. The summed E-state index contributed by atoms with van der Waals surface area (Å²) in [7, 11) is 2.88. The Kier molecular flexibility index (Phi) is 6.65. The van der Waals surface area contributed by atoms with Gasteiger partial charge in [-0.05, 0) is 46.9 Å². The van der Waals surface area contributed by atoms with Crippen LogP contribution in [0, 0.1) is 0 Å². The zero-order chi connectivity index (χ0) is 25.2. The highest BCUT2D eigenvalue weighted by molar-refractivity contribution is 6.09. The molecule has 4 aromatic rings. The number of aromatic nitrogens is 1. The van der Waals surface area contributed by atoms with Crippen LogP contribution in [0.5, 0.6) is 11.5 Å². The van der Waals surface area contributed by atoms with Gasteiger partial charge in [-0.1, -0.05) is 63.2 Å². The van der Waals surface area contributed by atoms with Gasteiger partial charge in [-0.25, -0.2) is 4.79 Å². The molecule has 4 rings (SSSR count). The summed E-state index contributed by atoms with van der Waals surface area (Å²) in [6.45, 7) is 6.60. The number of ether oxygens (including phenoxy) is 3. The number of esters is 1. The molecule has 0 unspecified atom stereocenters. The van der Waals surface area contributed by atoms with E-state index in [2.05, 4.69) is 20.8 Å². The molecule has 0 saturated carbocycles. The SMILES string of the molecule is COC(=O)c1cc2c(OCc3ccccc3)cccc2n1C(=O)c1ccc(C(C)(C)C)c(OC)c1. The second-order valence-corrected chi connectivity index (χ2v) is 9.29. The van der Waals surface area contributed by atoms with Crippen LogP contribution in [0.3, 0.4) is 0 Å². The summed E-state index contributed by atoms with van der Waals surface area (Å²) >= 11 is 0. The second-order valence-electron chi connectivity index (χ2n) is 9.29. The zero-order valence-corrected chi connectivity index (χ0v) is 20.6.